The van der Waals surface area contributed by atoms with Crippen molar-refractivity contribution in [1.29, 1.82) is 0 Å². The number of nitrogens with one attached hydrogen (secondary N) is 1. The van der Waals surface area contributed by atoms with Crippen molar-refractivity contribution in [3.63, 3.8) is 0 Å². The number of sulfonamides is 1. The first-order chi connectivity index (χ1) is 6.40. The van der Waals surface area contributed by atoms with E-state index in [9.17, 15) is 13.2 Å². The van der Waals surface area contributed by atoms with Crippen LogP contribution in [0.5, 0.6) is 0 Å². The highest BCUT2D eigenvalue weighted by Crippen LogP contribution is 2.32. The zero-order valence-corrected chi connectivity index (χ0v) is 10.3. The van der Waals surface area contributed by atoms with Gasteiger partial charge in [0, 0.05) is 0 Å². The van der Waals surface area contributed by atoms with Gasteiger partial charge in [-0.25, -0.2) is 8.42 Å². The highest BCUT2D eigenvalue weighted by molar-refractivity contribution is 7.90. The molecule has 1 saturated carbocycles. The molecule has 3 N–H and O–H groups in total. The van der Waals surface area contributed by atoms with Crippen LogP contribution in [0.2, 0.25) is 0 Å². The van der Waals surface area contributed by atoms with E-state index in [1.54, 1.807) is 0 Å². The van der Waals surface area contributed by atoms with Crippen LogP contribution in [0.15, 0.2) is 0 Å². The molecule has 1 amide bonds. The van der Waals surface area contributed by atoms with Gasteiger partial charge in [-0.2, -0.15) is 0 Å². The maximum Gasteiger partial charge on any atom is 0.253 e. The van der Waals surface area contributed by atoms with Crippen molar-refractivity contribution in [3.8, 4) is 0 Å². The molecule has 0 radical (unpaired) electrons. The maximum atomic E-state index is 11.3. The van der Waals surface area contributed by atoms with Crippen LogP contribution in [-0.4, -0.2) is 25.6 Å². The Kier molecular flexibility index (Phi) is 5.02. The summed E-state index contributed by atoms with van der Waals surface area (Å²) in [7, 11) is -3.47. The van der Waals surface area contributed by atoms with Gasteiger partial charge in [0.1, 0.15) is 0 Å². The van der Waals surface area contributed by atoms with Crippen molar-refractivity contribution < 1.29 is 13.2 Å². The molecule has 1 rings (SSSR count). The van der Waals surface area contributed by atoms with Crippen LogP contribution in [0.25, 0.3) is 0 Å². The largest absolute Gasteiger partial charge is 0.317 e. The molecule has 0 atom stereocenters. The van der Waals surface area contributed by atoms with Crippen LogP contribution < -0.4 is 10.5 Å². The van der Waals surface area contributed by atoms with Gasteiger partial charge in [0.25, 0.3) is 5.91 Å². The fourth-order valence-electron chi connectivity index (χ4n) is 0.990. The predicted octanol–water partition coefficient (Wildman–Crippen LogP) is 0.146. The molecule has 15 heavy (non-hydrogen) atoms. The van der Waals surface area contributed by atoms with Gasteiger partial charge in [0.15, 0.2) is 0 Å². The number of rotatable bonds is 5. The van der Waals surface area contributed by atoms with Crippen LogP contribution in [0, 0.1) is 0 Å². The third kappa shape index (κ3) is 4.36. The van der Waals surface area contributed by atoms with Crippen LogP contribution in [0.4, 0.5) is 0 Å². The Balaban J connectivity index is 0.00000196. The number of amides is 1. The molecule has 0 heterocycles. The Bertz CT molecular complexity index is 325. The summed E-state index contributed by atoms with van der Waals surface area (Å²) >= 11 is 0. The van der Waals surface area contributed by atoms with E-state index in [0.29, 0.717) is 19.3 Å². The lowest BCUT2D eigenvalue weighted by Crippen LogP contribution is -2.45. The molecule has 0 aromatic carbocycles. The Morgan fingerprint density at radius 1 is 1.47 bits per heavy atom. The van der Waals surface area contributed by atoms with Crippen LogP contribution in [0.3, 0.4) is 0 Å². The maximum absolute atomic E-state index is 11.3. The first kappa shape index (κ1) is 14.7. The molecule has 0 aromatic heterocycles. The lowest BCUT2D eigenvalue weighted by Gasteiger charge is -2.10. The van der Waals surface area contributed by atoms with Gasteiger partial charge < -0.3 is 5.73 Å². The van der Waals surface area contributed by atoms with E-state index in [0.717, 1.165) is 6.42 Å². The zero-order valence-electron chi connectivity index (χ0n) is 8.65. The van der Waals surface area contributed by atoms with Gasteiger partial charge in [-0.3, -0.25) is 9.52 Å². The highest BCUT2D eigenvalue weighted by Gasteiger charge is 2.47. The van der Waals surface area contributed by atoms with E-state index in [1.165, 1.54) is 0 Å². The molecule has 1 aliphatic carbocycles. The number of halogens is 1. The third-order valence-corrected chi connectivity index (χ3v) is 3.58. The predicted molar refractivity (Wildman–Crippen MR) is 60.2 cm³/mol. The van der Waals surface area contributed by atoms with E-state index in [2.05, 4.69) is 0 Å². The van der Waals surface area contributed by atoms with Crippen LogP contribution in [-0.2, 0) is 14.8 Å². The molecular formula is C8H17ClN2O3S. The number of hydrogen-bond donors (Lipinski definition) is 2. The van der Waals surface area contributed by atoms with Gasteiger partial charge in [-0.05, 0) is 19.3 Å². The Morgan fingerprint density at radius 3 is 2.40 bits per heavy atom. The highest BCUT2D eigenvalue weighted by atomic mass is 35.5. The van der Waals surface area contributed by atoms with E-state index < -0.39 is 21.5 Å². The molecular weight excluding hydrogens is 240 g/mol. The minimum absolute atomic E-state index is 0. The second kappa shape index (κ2) is 5.14. The quantitative estimate of drug-likeness (QED) is 0.733. The Labute approximate surface area is 96.3 Å². The van der Waals surface area contributed by atoms with Crippen molar-refractivity contribution in [2.75, 3.05) is 5.75 Å². The van der Waals surface area contributed by atoms with E-state index in [1.807, 2.05) is 11.6 Å². The van der Waals surface area contributed by atoms with Gasteiger partial charge >= 0.3 is 0 Å². The molecule has 7 heteroatoms. The second-order valence-electron chi connectivity index (χ2n) is 3.76. The van der Waals surface area contributed by atoms with E-state index in [4.69, 9.17) is 5.73 Å². The average Bonchev–Trinajstić information content (AvgIpc) is 2.81. The summed E-state index contributed by atoms with van der Waals surface area (Å²) < 4.78 is 24.6. The fraction of sp³-hybridized carbons (Fsp3) is 0.875. The smallest absolute Gasteiger partial charge is 0.253 e. The molecule has 0 aliphatic heterocycles. The molecule has 1 aliphatic rings. The summed E-state index contributed by atoms with van der Waals surface area (Å²) in [6.45, 7) is 1.89. The molecule has 1 fully saturated rings. The fourth-order valence-corrected chi connectivity index (χ4v) is 2.25. The Hall–Kier alpha value is -0.330. The monoisotopic (exact) mass is 256 g/mol. The van der Waals surface area contributed by atoms with Gasteiger partial charge in [0.2, 0.25) is 10.0 Å². The number of nitrogens with two attached hydrogens (primary N) is 1. The summed E-state index contributed by atoms with van der Waals surface area (Å²) in [5, 5.41) is 0. The molecule has 0 saturated heterocycles. The van der Waals surface area contributed by atoms with Crippen molar-refractivity contribution in [3.05, 3.63) is 0 Å². The number of carbonyl (C=O) groups is 1. The summed E-state index contributed by atoms with van der Waals surface area (Å²) in [6, 6.07) is 0. The van der Waals surface area contributed by atoms with Gasteiger partial charge in [-0.15, -0.1) is 12.4 Å². The zero-order chi connectivity index (χ0) is 10.8. The molecule has 0 spiro atoms. The minimum Gasteiger partial charge on any atom is -0.317 e. The van der Waals surface area contributed by atoms with Crippen LogP contribution >= 0.6 is 12.4 Å². The Morgan fingerprint density at radius 2 is 2.00 bits per heavy atom. The second-order valence-corrected chi connectivity index (χ2v) is 5.60. The number of carbonyl (C=O) groups excluding carboxylic acids is 1. The average molecular weight is 257 g/mol. The SMILES string of the molecule is CCCCS(=O)(=O)NC(=O)C1(N)CC1.Cl. The van der Waals surface area contributed by atoms with Crippen molar-refractivity contribution >= 4 is 28.3 Å². The topological polar surface area (TPSA) is 89.3 Å². The van der Waals surface area contributed by atoms with E-state index in [-0.39, 0.29) is 18.2 Å². The first-order valence-corrected chi connectivity index (χ1v) is 6.39. The summed E-state index contributed by atoms with van der Waals surface area (Å²) in [5.41, 5.74) is 4.63. The minimum atomic E-state index is -3.47. The standard InChI is InChI=1S/C8H16N2O3S.ClH/c1-2-3-6-14(12,13)10-7(11)8(9)4-5-8;/h2-6,9H2,1H3,(H,10,11);1H. The number of unbranched alkanes of at least 4 members (excludes halogenated alkanes) is 1. The van der Waals surface area contributed by atoms with Crippen LogP contribution in [0.1, 0.15) is 32.6 Å². The normalized spacial score (nSPS) is 17.7. The molecule has 0 bridgehead atoms. The van der Waals surface area contributed by atoms with Crippen molar-refractivity contribution in [2.45, 2.75) is 38.1 Å². The third-order valence-electron chi connectivity index (χ3n) is 2.26. The first-order valence-electron chi connectivity index (χ1n) is 4.73. The lowest BCUT2D eigenvalue weighted by atomic mass is 10.3. The summed E-state index contributed by atoms with van der Waals surface area (Å²) in [4.78, 5) is 11.3. The summed E-state index contributed by atoms with van der Waals surface area (Å²) in [6.07, 6.45) is 2.48. The molecule has 0 aromatic rings. The molecule has 5 nitrogen and oxygen atoms in total. The van der Waals surface area contributed by atoms with Gasteiger partial charge in [-0.1, -0.05) is 13.3 Å². The molecule has 90 valence electrons. The lowest BCUT2D eigenvalue weighted by molar-refractivity contribution is -0.121. The van der Waals surface area contributed by atoms with Crippen molar-refractivity contribution in [1.82, 2.24) is 4.72 Å². The number of hydrogen-bond acceptors (Lipinski definition) is 4. The van der Waals surface area contributed by atoms with E-state index >= 15 is 0 Å². The molecule has 0 unspecified atom stereocenters. The van der Waals surface area contributed by atoms with Crippen molar-refractivity contribution in [2.24, 2.45) is 5.73 Å². The summed E-state index contributed by atoms with van der Waals surface area (Å²) in [5.74, 6) is -0.570. The van der Waals surface area contributed by atoms with Gasteiger partial charge in [0.05, 0.1) is 11.3 Å².